The van der Waals surface area contributed by atoms with Gasteiger partial charge in [0.05, 0.1) is 6.10 Å². The van der Waals surface area contributed by atoms with Gasteiger partial charge in [-0.05, 0) is 19.3 Å². The van der Waals surface area contributed by atoms with Crippen molar-refractivity contribution in [3.63, 3.8) is 0 Å². The maximum absolute atomic E-state index is 12.8. The molecule has 2 rings (SSSR count). The molecule has 6 nitrogen and oxygen atoms in total. The number of likely N-dealkylation sites (tertiary alicyclic amines) is 2. The average Bonchev–Trinajstić information content (AvgIpc) is 2.78. The normalized spacial score (nSPS) is 30.3. The average molecular weight is 298 g/mol. The van der Waals surface area contributed by atoms with E-state index in [1.54, 1.807) is 7.11 Å². The van der Waals surface area contributed by atoms with Gasteiger partial charge in [0.15, 0.2) is 0 Å². The van der Waals surface area contributed by atoms with E-state index in [0.717, 1.165) is 38.6 Å². The lowest BCUT2D eigenvalue weighted by molar-refractivity contribution is -0.141. The van der Waals surface area contributed by atoms with Gasteiger partial charge < -0.3 is 19.6 Å². The number of carboxylic acids is 1. The number of ether oxygens (including phenoxy) is 1. The number of carbonyl (C=O) groups excluding carboxylic acids is 1. The smallest absolute Gasteiger partial charge is 0.326 e. The molecule has 0 aromatic heterocycles. The summed E-state index contributed by atoms with van der Waals surface area (Å²) in [5.41, 5.74) is 0. The van der Waals surface area contributed by atoms with E-state index in [0.29, 0.717) is 13.0 Å². The maximum Gasteiger partial charge on any atom is 0.326 e. The third-order valence-electron chi connectivity index (χ3n) is 4.72. The highest BCUT2D eigenvalue weighted by Crippen LogP contribution is 2.26. The third-order valence-corrected chi connectivity index (χ3v) is 4.72. The van der Waals surface area contributed by atoms with E-state index in [2.05, 4.69) is 6.92 Å². The molecule has 3 unspecified atom stereocenters. The highest BCUT2D eigenvalue weighted by Gasteiger charge is 2.42. The van der Waals surface area contributed by atoms with E-state index in [9.17, 15) is 14.7 Å². The van der Waals surface area contributed by atoms with Crippen LogP contribution in [0.5, 0.6) is 0 Å². The van der Waals surface area contributed by atoms with Crippen LogP contribution in [-0.2, 0) is 9.53 Å². The van der Waals surface area contributed by atoms with Crippen molar-refractivity contribution in [3.8, 4) is 0 Å². The summed E-state index contributed by atoms with van der Waals surface area (Å²) in [5.74, 6) is -0.939. The van der Waals surface area contributed by atoms with Gasteiger partial charge in [0.25, 0.3) is 0 Å². The minimum Gasteiger partial charge on any atom is -0.480 e. The monoisotopic (exact) mass is 298 g/mol. The van der Waals surface area contributed by atoms with Crippen LogP contribution in [0.25, 0.3) is 0 Å². The van der Waals surface area contributed by atoms with Crippen molar-refractivity contribution in [3.05, 3.63) is 0 Å². The highest BCUT2D eigenvalue weighted by atomic mass is 16.5. The first-order valence-corrected chi connectivity index (χ1v) is 7.91. The van der Waals surface area contributed by atoms with Gasteiger partial charge in [0.2, 0.25) is 0 Å². The lowest BCUT2D eigenvalue weighted by Crippen LogP contribution is -2.51. The van der Waals surface area contributed by atoms with Crippen molar-refractivity contribution in [2.45, 2.75) is 63.6 Å². The molecule has 0 saturated carbocycles. The molecule has 3 atom stereocenters. The van der Waals surface area contributed by atoms with Crippen LogP contribution in [0.2, 0.25) is 0 Å². The molecule has 2 aliphatic heterocycles. The number of carbonyl (C=O) groups is 2. The van der Waals surface area contributed by atoms with E-state index in [4.69, 9.17) is 4.74 Å². The van der Waals surface area contributed by atoms with E-state index in [1.807, 2.05) is 4.90 Å². The van der Waals surface area contributed by atoms with E-state index < -0.39 is 12.0 Å². The van der Waals surface area contributed by atoms with Crippen LogP contribution in [-0.4, -0.2) is 65.3 Å². The zero-order valence-corrected chi connectivity index (χ0v) is 13.0. The van der Waals surface area contributed by atoms with E-state index in [-0.39, 0.29) is 18.2 Å². The van der Waals surface area contributed by atoms with Gasteiger partial charge in [-0.1, -0.05) is 19.8 Å². The van der Waals surface area contributed by atoms with Crippen LogP contribution in [0, 0.1) is 0 Å². The maximum atomic E-state index is 12.8. The standard InChI is InChI=1S/C15H26N2O4/c1-3-11-7-5-4-6-8-16(11)15(20)17-10-12(21-2)9-13(17)14(18)19/h11-13H,3-10H2,1-2H3,(H,18,19). The fourth-order valence-electron chi connectivity index (χ4n) is 3.43. The Bertz CT molecular complexity index is 388. The van der Waals surface area contributed by atoms with Gasteiger partial charge in [-0.3, -0.25) is 0 Å². The summed E-state index contributed by atoms with van der Waals surface area (Å²) in [6, 6.07) is -0.657. The van der Waals surface area contributed by atoms with Crippen LogP contribution in [0.3, 0.4) is 0 Å². The van der Waals surface area contributed by atoms with E-state index >= 15 is 0 Å². The summed E-state index contributed by atoms with van der Waals surface area (Å²) in [6.45, 7) is 3.20. The number of hydrogen-bond acceptors (Lipinski definition) is 3. The Morgan fingerprint density at radius 3 is 2.62 bits per heavy atom. The van der Waals surface area contributed by atoms with Gasteiger partial charge in [-0.25, -0.2) is 9.59 Å². The molecule has 0 aromatic rings. The molecule has 6 heteroatoms. The zero-order chi connectivity index (χ0) is 15.4. The minimum atomic E-state index is -0.939. The summed E-state index contributed by atoms with van der Waals surface area (Å²) < 4.78 is 5.26. The molecule has 0 aromatic carbocycles. The van der Waals surface area contributed by atoms with Crippen LogP contribution in [0.15, 0.2) is 0 Å². The number of aliphatic carboxylic acids is 1. The lowest BCUT2D eigenvalue weighted by Gasteiger charge is -2.34. The number of nitrogens with zero attached hydrogens (tertiary/aromatic N) is 2. The van der Waals surface area contributed by atoms with Crippen molar-refractivity contribution < 1.29 is 19.4 Å². The summed E-state index contributed by atoms with van der Waals surface area (Å²) in [5, 5.41) is 9.35. The Labute approximate surface area is 126 Å². The molecule has 120 valence electrons. The predicted molar refractivity (Wildman–Crippen MR) is 78.2 cm³/mol. The van der Waals surface area contributed by atoms with Crippen LogP contribution in [0.4, 0.5) is 4.79 Å². The molecule has 2 saturated heterocycles. The second-order valence-electron chi connectivity index (χ2n) is 5.99. The quantitative estimate of drug-likeness (QED) is 0.864. The molecule has 2 amide bonds. The molecule has 0 aliphatic carbocycles. The SMILES string of the molecule is CCC1CCCCCN1C(=O)N1CC(OC)CC1C(=O)O. The summed E-state index contributed by atoms with van der Waals surface area (Å²) in [7, 11) is 1.57. The van der Waals surface area contributed by atoms with Crippen LogP contribution >= 0.6 is 0 Å². The molecule has 2 fully saturated rings. The molecule has 0 spiro atoms. The van der Waals surface area contributed by atoms with Crippen LogP contribution in [0.1, 0.15) is 45.4 Å². The van der Waals surface area contributed by atoms with Gasteiger partial charge in [-0.2, -0.15) is 0 Å². The zero-order valence-electron chi connectivity index (χ0n) is 13.0. The topological polar surface area (TPSA) is 70.1 Å². The number of amides is 2. The Kier molecular flexibility index (Phi) is 5.45. The highest BCUT2D eigenvalue weighted by molar-refractivity contribution is 5.83. The number of methoxy groups -OCH3 is 1. The molecule has 0 radical (unpaired) electrons. The number of rotatable bonds is 3. The fraction of sp³-hybridized carbons (Fsp3) is 0.867. The molecule has 2 aliphatic rings. The van der Waals surface area contributed by atoms with Gasteiger partial charge in [-0.15, -0.1) is 0 Å². The van der Waals surface area contributed by atoms with Gasteiger partial charge in [0.1, 0.15) is 6.04 Å². The number of urea groups is 1. The largest absolute Gasteiger partial charge is 0.480 e. The van der Waals surface area contributed by atoms with Crippen molar-refractivity contribution in [2.75, 3.05) is 20.2 Å². The number of carboxylic acid groups (broad SMARTS) is 1. The fourth-order valence-corrected chi connectivity index (χ4v) is 3.43. The Morgan fingerprint density at radius 1 is 1.24 bits per heavy atom. The Morgan fingerprint density at radius 2 is 2.00 bits per heavy atom. The van der Waals surface area contributed by atoms with Gasteiger partial charge in [0, 0.05) is 32.7 Å². The van der Waals surface area contributed by atoms with Crippen molar-refractivity contribution in [1.82, 2.24) is 9.80 Å². The Hall–Kier alpha value is -1.30. The third kappa shape index (κ3) is 3.48. The molecule has 2 heterocycles. The van der Waals surface area contributed by atoms with E-state index in [1.165, 1.54) is 4.90 Å². The van der Waals surface area contributed by atoms with Crippen LogP contribution < -0.4 is 0 Å². The first-order valence-electron chi connectivity index (χ1n) is 7.91. The summed E-state index contributed by atoms with van der Waals surface area (Å²) in [4.78, 5) is 27.6. The molecular formula is C15H26N2O4. The van der Waals surface area contributed by atoms with Crippen molar-refractivity contribution in [2.24, 2.45) is 0 Å². The van der Waals surface area contributed by atoms with Crippen molar-refractivity contribution in [1.29, 1.82) is 0 Å². The first kappa shape index (κ1) is 16.1. The molecule has 1 N–H and O–H groups in total. The summed E-state index contributed by atoms with van der Waals surface area (Å²) >= 11 is 0. The Balaban J connectivity index is 2.13. The summed E-state index contributed by atoms with van der Waals surface area (Å²) in [6.07, 6.45) is 5.42. The first-order chi connectivity index (χ1) is 10.1. The molecular weight excluding hydrogens is 272 g/mol. The lowest BCUT2D eigenvalue weighted by atomic mass is 10.1. The second kappa shape index (κ2) is 7.11. The van der Waals surface area contributed by atoms with Gasteiger partial charge >= 0.3 is 12.0 Å². The molecule has 0 bridgehead atoms. The van der Waals surface area contributed by atoms with Crippen molar-refractivity contribution >= 4 is 12.0 Å². The molecule has 21 heavy (non-hydrogen) atoms. The predicted octanol–water partition coefficient (Wildman–Crippen LogP) is 1.93. The number of hydrogen-bond donors (Lipinski definition) is 1. The minimum absolute atomic E-state index is 0.129. The second-order valence-corrected chi connectivity index (χ2v) is 5.99.